The number of ether oxygens (including phenoxy) is 3. The van der Waals surface area contributed by atoms with Crippen molar-refractivity contribution < 1.29 is 57.4 Å². The van der Waals surface area contributed by atoms with Crippen LogP contribution in [0, 0.1) is 18.3 Å². The second-order valence-electron chi connectivity index (χ2n) is 24.7. The number of nitrogens with one attached hydrogen (secondary N) is 3. The molecule has 0 radical (unpaired) electrons. The number of unbranched alkanes of at least 4 members (excludes halogenated alkanes) is 2. The van der Waals surface area contributed by atoms with Gasteiger partial charge in [0.2, 0.25) is 11.8 Å². The van der Waals surface area contributed by atoms with Gasteiger partial charge in [-0.25, -0.2) is 14.4 Å². The van der Waals surface area contributed by atoms with E-state index in [2.05, 4.69) is 20.5 Å². The predicted octanol–water partition coefficient (Wildman–Crippen LogP) is 8.54. The minimum absolute atomic E-state index is 0.0336. The van der Waals surface area contributed by atoms with Crippen molar-refractivity contribution in [3.05, 3.63) is 101 Å². The molecule has 10 amide bonds. The number of carbonyl (C=O) groups is 9. The lowest BCUT2D eigenvalue weighted by molar-refractivity contribution is -0.137. The summed E-state index contributed by atoms with van der Waals surface area (Å²) in [6.45, 7) is 13.9. The number of primary amides is 2. The van der Waals surface area contributed by atoms with Crippen LogP contribution in [0.15, 0.2) is 78.2 Å². The number of halogens is 1. The number of amides is 10. The number of alkyl halides is 1. The molecule has 0 aliphatic carbocycles. The average Bonchev–Trinajstić information content (AvgIpc) is 1.61. The van der Waals surface area contributed by atoms with Gasteiger partial charge in [0.05, 0.1) is 10.4 Å². The third kappa shape index (κ3) is 17.7. The zero-order chi connectivity index (χ0) is 65.7. The van der Waals surface area contributed by atoms with Gasteiger partial charge in [-0.1, -0.05) is 46.2 Å². The van der Waals surface area contributed by atoms with Crippen LogP contribution in [0.4, 0.5) is 25.8 Å². The van der Waals surface area contributed by atoms with Crippen molar-refractivity contribution in [2.75, 3.05) is 88.7 Å². The molecule has 25 heteroatoms. The number of imide groups is 1. The maximum atomic E-state index is 14.6. The van der Waals surface area contributed by atoms with Crippen LogP contribution >= 0.6 is 22.9 Å². The lowest BCUT2D eigenvalue weighted by Crippen LogP contribution is -2.57. The number of likely N-dealkylation sites (tertiary alicyclic amines) is 1. The number of nitrogens with two attached hydrogens (primary N) is 2. The van der Waals surface area contributed by atoms with Gasteiger partial charge in [0.15, 0.2) is 5.75 Å². The Morgan fingerprint density at radius 1 is 0.890 bits per heavy atom. The summed E-state index contributed by atoms with van der Waals surface area (Å²) in [7, 11) is 3.20. The molecule has 3 aromatic carbocycles. The number of fused-ring (bicyclic) bond motifs is 4. The fourth-order valence-electron chi connectivity index (χ4n) is 12.0. The van der Waals surface area contributed by atoms with E-state index in [0.717, 1.165) is 68.1 Å². The Balaban J connectivity index is 0.868. The quantitative estimate of drug-likeness (QED) is 0.0125. The molecular formula is C66H84ClN11O12S. The number of urea groups is 1. The van der Waals surface area contributed by atoms with Crippen molar-refractivity contribution in [2.45, 2.75) is 111 Å². The molecule has 3 aliphatic heterocycles. The molecule has 91 heavy (non-hydrogen) atoms. The Hall–Kier alpha value is -8.48. The molecule has 8 rings (SSSR count). The molecule has 7 N–H and O–H groups in total. The highest BCUT2D eigenvalue weighted by molar-refractivity contribution is 7.17. The van der Waals surface area contributed by atoms with Crippen LogP contribution in [-0.4, -0.2) is 169 Å². The molecule has 1 saturated heterocycles. The zero-order valence-corrected chi connectivity index (χ0v) is 54.4. The zero-order valence-electron chi connectivity index (χ0n) is 52.9. The molecule has 3 atom stereocenters. The number of anilines is 2. The van der Waals surface area contributed by atoms with E-state index in [0.29, 0.717) is 49.4 Å². The van der Waals surface area contributed by atoms with Crippen LogP contribution in [0.1, 0.15) is 107 Å². The molecule has 0 saturated carbocycles. The third-order valence-electron chi connectivity index (χ3n) is 16.5. The van der Waals surface area contributed by atoms with Crippen molar-refractivity contribution >= 4 is 115 Å². The number of H-pyrrole nitrogens is 1. The Morgan fingerprint density at radius 2 is 1.59 bits per heavy atom. The fourth-order valence-corrected chi connectivity index (χ4v) is 13.2. The largest absolute Gasteiger partial charge is 0.492 e. The molecule has 0 unspecified atom stereocenters. The first-order valence-corrected chi connectivity index (χ1v) is 32.3. The van der Waals surface area contributed by atoms with Crippen LogP contribution in [-0.2, 0) is 40.1 Å². The van der Waals surface area contributed by atoms with E-state index in [9.17, 15) is 43.2 Å². The van der Waals surface area contributed by atoms with Crippen molar-refractivity contribution in [1.82, 2.24) is 35.2 Å². The first-order chi connectivity index (χ1) is 43.4. The third-order valence-corrected chi connectivity index (χ3v) is 17.9. The van der Waals surface area contributed by atoms with Gasteiger partial charge in [-0.2, -0.15) is 0 Å². The summed E-state index contributed by atoms with van der Waals surface area (Å²) in [6, 6.07) is 13.0. The number of hydrogen-bond acceptors (Lipinski definition) is 14. The maximum Gasteiger partial charge on any atom is 0.415 e. The van der Waals surface area contributed by atoms with E-state index in [1.54, 1.807) is 69.3 Å². The molecule has 0 bridgehead atoms. The number of aromatic nitrogens is 1. The first-order valence-electron chi connectivity index (χ1n) is 30.9. The van der Waals surface area contributed by atoms with Gasteiger partial charge >= 0.3 is 18.2 Å². The number of thiophene rings is 1. The first kappa shape index (κ1) is 68.4. The molecule has 23 nitrogen and oxygen atoms in total. The number of hydrogen-bond donors (Lipinski definition) is 5. The highest BCUT2D eigenvalue weighted by Crippen LogP contribution is 2.49. The Bertz CT molecular complexity index is 3540. The lowest BCUT2D eigenvalue weighted by Gasteiger charge is -2.34. The molecule has 488 valence electrons. The Morgan fingerprint density at radius 3 is 2.26 bits per heavy atom. The minimum atomic E-state index is -1.21. The minimum Gasteiger partial charge on any atom is -0.492 e. The number of benzene rings is 3. The van der Waals surface area contributed by atoms with Gasteiger partial charge in [0, 0.05) is 129 Å². The normalized spacial score (nSPS) is 15.6. The van der Waals surface area contributed by atoms with Gasteiger partial charge in [0.1, 0.15) is 31.0 Å². The number of aromatic amines is 1. The van der Waals surface area contributed by atoms with Crippen LogP contribution in [0.2, 0.25) is 0 Å². The molecular weight excluding hydrogens is 1210 g/mol. The highest BCUT2D eigenvalue weighted by Gasteiger charge is 2.38. The average molecular weight is 1290 g/mol. The summed E-state index contributed by atoms with van der Waals surface area (Å²) >= 11 is 8.06. The smallest absolute Gasteiger partial charge is 0.415 e. The molecule has 5 aromatic rings. The Labute approximate surface area is 539 Å². The summed E-state index contributed by atoms with van der Waals surface area (Å²) in [5.41, 5.74) is 15.5. The van der Waals surface area contributed by atoms with Crippen LogP contribution in [0.25, 0.3) is 27.1 Å². The van der Waals surface area contributed by atoms with Crippen molar-refractivity contribution in [1.29, 1.82) is 0 Å². The summed E-state index contributed by atoms with van der Waals surface area (Å²) in [5, 5.41) is 9.16. The van der Waals surface area contributed by atoms with Crippen LogP contribution in [0.3, 0.4) is 0 Å². The number of carbonyl (C=O) groups excluding carboxylic acids is 9. The van der Waals surface area contributed by atoms with Crippen LogP contribution in [0.5, 0.6) is 11.5 Å². The molecule has 2 aromatic heterocycles. The molecule has 0 spiro atoms. The van der Waals surface area contributed by atoms with Crippen molar-refractivity contribution in [3.8, 4) is 11.5 Å². The standard InChI is InChI=1S/C66H84ClN11O12S/c1-41(2)59(72-53(79)15-9-8-10-29-76-54(80)24-25-55(76)81)62(84)78(50(61(68)83)14-13-26-70-63(69)85)47-19-16-43(17-20-47)37-89-64(86)73(6)39-66(4,5)40-74(7)65(87)90-52-34-51-58(57-42(3)38-91-60(52)57)45(35-67)36-77(51)56(82)23-18-46-32-44-33-48(21-22-49(44)71-46)88-31-30-75-27-11-12-28-75/h16-25,32-34,38,41,45,50,59,71H,8-15,26-31,35-37,39-40H2,1-7H3,(H2,68,83)(H,72,79)(H3,69,70,85)/b23-18+/t45-,50-,59-/m0/s1. The summed E-state index contributed by atoms with van der Waals surface area (Å²) in [5.74, 6) is -2.10. The van der Waals surface area contributed by atoms with Crippen molar-refractivity contribution in [2.24, 2.45) is 22.8 Å². The highest BCUT2D eigenvalue weighted by atomic mass is 35.5. The van der Waals surface area contributed by atoms with E-state index in [4.69, 9.17) is 37.3 Å². The summed E-state index contributed by atoms with van der Waals surface area (Å²) < 4.78 is 18.8. The van der Waals surface area contributed by atoms with Crippen LogP contribution < -0.4 is 41.4 Å². The SMILES string of the molecule is Cc1csc2c(OC(=O)N(C)CC(C)(C)CN(C)C(=O)OCc3ccc(N(C(=O)[C@@H](NC(=O)CCCCCN4C(=O)C=CC4=O)C(C)C)[C@@H](CCCNC(N)=O)C(N)=O)cc3)cc3c(c12)[C@@H](CCl)CN3C(=O)/C=C/c1cc2cc(OCCN3CCCC3)ccc2[nH]1. The number of nitrogens with zero attached hydrogens (tertiary/aromatic N) is 6. The Kier molecular flexibility index (Phi) is 23.3. The maximum absolute atomic E-state index is 14.6. The lowest BCUT2D eigenvalue weighted by atomic mass is 9.92. The van der Waals surface area contributed by atoms with Gasteiger partial charge in [-0.3, -0.25) is 43.5 Å². The summed E-state index contributed by atoms with van der Waals surface area (Å²) in [6.07, 6.45) is 8.66. The van der Waals surface area contributed by atoms with Crippen molar-refractivity contribution in [3.63, 3.8) is 0 Å². The molecule has 1 fully saturated rings. The van der Waals surface area contributed by atoms with Gasteiger partial charge in [-0.15, -0.1) is 22.9 Å². The van der Waals surface area contributed by atoms with E-state index >= 15 is 0 Å². The molecule has 3 aliphatic rings. The summed E-state index contributed by atoms with van der Waals surface area (Å²) in [4.78, 5) is 131. The fraction of sp³-hybridized carbons (Fsp3) is 0.470. The van der Waals surface area contributed by atoms with Gasteiger partial charge < -0.3 is 56.0 Å². The van der Waals surface area contributed by atoms with Gasteiger partial charge in [0.25, 0.3) is 23.6 Å². The monoisotopic (exact) mass is 1290 g/mol. The second kappa shape index (κ2) is 31.0. The van der Waals surface area contributed by atoms with Gasteiger partial charge in [-0.05, 0) is 129 Å². The van der Waals surface area contributed by atoms with E-state index in [1.165, 1.54) is 57.1 Å². The topological polar surface area (TPSA) is 293 Å². The van der Waals surface area contributed by atoms with E-state index < -0.39 is 59.4 Å². The van der Waals surface area contributed by atoms with E-state index in [-0.39, 0.29) is 87.3 Å². The number of aryl methyl sites for hydroxylation is 1. The molecule has 5 heterocycles. The predicted molar refractivity (Wildman–Crippen MR) is 351 cm³/mol. The van der Waals surface area contributed by atoms with E-state index in [1.807, 2.05) is 50.4 Å². The number of rotatable bonds is 30. The second-order valence-corrected chi connectivity index (χ2v) is 25.9.